The maximum Gasteiger partial charge on any atom is 0.0485 e. The molecule has 0 atom stereocenters. The zero-order chi connectivity index (χ0) is 13.9. The molecule has 2 aromatic carbocycles. The molecule has 2 nitrogen and oxygen atoms in total. The largest absolute Gasteiger partial charge is 0.344 e. The highest BCUT2D eigenvalue weighted by atomic mass is 15.0. The lowest BCUT2D eigenvalue weighted by molar-refractivity contribution is 0.743. The number of nitrogens with two attached hydrogens (primary N) is 1. The van der Waals surface area contributed by atoms with Crippen molar-refractivity contribution in [2.24, 2.45) is 5.73 Å². The van der Waals surface area contributed by atoms with Gasteiger partial charge in [0, 0.05) is 36.1 Å². The van der Waals surface area contributed by atoms with Gasteiger partial charge in [-0.25, -0.2) is 0 Å². The van der Waals surface area contributed by atoms with Crippen LogP contribution in [-0.2, 0) is 19.5 Å². The molecule has 2 N–H and O–H groups in total. The van der Waals surface area contributed by atoms with Crippen LogP contribution in [0.4, 0.5) is 0 Å². The normalized spacial score (nSPS) is 11.1. The van der Waals surface area contributed by atoms with Gasteiger partial charge in [-0.2, -0.15) is 0 Å². The molecule has 2 heteroatoms. The Bertz CT molecular complexity index is 670. The van der Waals surface area contributed by atoms with Crippen molar-refractivity contribution in [2.45, 2.75) is 26.4 Å². The van der Waals surface area contributed by atoms with E-state index in [0.29, 0.717) is 6.54 Å². The fourth-order valence-corrected chi connectivity index (χ4v) is 3.01. The fraction of sp³-hybridized carbons (Fsp3) is 0.222. The Morgan fingerprint density at radius 1 is 0.950 bits per heavy atom. The van der Waals surface area contributed by atoms with Crippen molar-refractivity contribution in [2.75, 3.05) is 0 Å². The predicted octanol–water partition coefficient (Wildman–Crippen LogP) is 3.71. The summed E-state index contributed by atoms with van der Waals surface area (Å²) in [6.45, 7) is 3.76. The Labute approximate surface area is 119 Å². The Morgan fingerprint density at radius 3 is 2.35 bits per heavy atom. The zero-order valence-electron chi connectivity index (χ0n) is 11.8. The monoisotopic (exact) mass is 264 g/mol. The molecule has 3 rings (SSSR count). The first kappa shape index (κ1) is 12.9. The summed E-state index contributed by atoms with van der Waals surface area (Å²) in [4.78, 5) is 0. The minimum absolute atomic E-state index is 0.593. The molecule has 0 unspecified atom stereocenters. The summed E-state index contributed by atoms with van der Waals surface area (Å²) in [6, 6.07) is 19.2. The van der Waals surface area contributed by atoms with Crippen LogP contribution in [-0.4, -0.2) is 4.57 Å². The molecule has 0 amide bonds. The second kappa shape index (κ2) is 5.51. The minimum atomic E-state index is 0.593. The number of aryl methyl sites for hydroxylation is 1. The van der Waals surface area contributed by atoms with Gasteiger partial charge in [0.2, 0.25) is 0 Å². The van der Waals surface area contributed by atoms with Crippen molar-refractivity contribution in [1.29, 1.82) is 0 Å². The second-order valence-corrected chi connectivity index (χ2v) is 5.05. The van der Waals surface area contributed by atoms with Gasteiger partial charge in [0.1, 0.15) is 0 Å². The average molecular weight is 264 g/mol. The maximum atomic E-state index is 6.03. The molecule has 1 aromatic heterocycles. The lowest BCUT2D eigenvalue weighted by atomic mass is 10.0. The van der Waals surface area contributed by atoms with Crippen LogP contribution in [0.5, 0.6) is 0 Å². The molecule has 20 heavy (non-hydrogen) atoms. The topological polar surface area (TPSA) is 30.9 Å². The van der Waals surface area contributed by atoms with Crippen molar-refractivity contribution < 1.29 is 0 Å². The number of fused-ring (bicyclic) bond motifs is 1. The van der Waals surface area contributed by atoms with Gasteiger partial charge in [-0.05, 0) is 24.1 Å². The van der Waals surface area contributed by atoms with Crippen LogP contribution in [0, 0.1) is 0 Å². The van der Waals surface area contributed by atoms with E-state index in [2.05, 4.69) is 66.1 Å². The van der Waals surface area contributed by atoms with Gasteiger partial charge in [0.15, 0.2) is 0 Å². The summed E-state index contributed by atoms with van der Waals surface area (Å²) in [6.07, 6.45) is 0.940. The van der Waals surface area contributed by atoms with Gasteiger partial charge >= 0.3 is 0 Å². The van der Waals surface area contributed by atoms with Crippen molar-refractivity contribution in [3.8, 4) is 0 Å². The van der Waals surface area contributed by atoms with E-state index in [1.54, 1.807) is 0 Å². The van der Waals surface area contributed by atoms with Crippen LogP contribution in [0.15, 0.2) is 54.6 Å². The van der Waals surface area contributed by atoms with E-state index in [-0.39, 0.29) is 0 Å². The summed E-state index contributed by atoms with van der Waals surface area (Å²) in [7, 11) is 0. The fourth-order valence-electron chi connectivity index (χ4n) is 3.01. The highest BCUT2D eigenvalue weighted by Crippen LogP contribution is 2.27. The van der Waals surface area contributed by atoms with Crippen LogP contribution in [0.3, 0.4) is 0 Å². The molecular formula is C18H20N2. The molecule has 0 aliphatic heterocycles. The van der Waals surface area contributed by atoms with Gasteiger partial charge in [-0.3, -0.25) is 0 Å². The minimum Gasteiger partial charge on any atom is -0.344 e. The molecule has 102 valence electrons. The van der Waals surface area contributed by atoms with E-state index in [4.69, 9.17) is 5.73 Å². The quantitative estimate of drug-likeness (QED) is 0.765. The van der Waals surface area contributed by atoms with E-state index in [0.717, 1.165) is 13.0 Å². The second-order valence-electron chi connectivity index (χ2n) is 5.05. The number of hydrogen-bond acceptors (Lipinski definition) is 1. The van der Waals surface area contributed by atoms with Crippen LogP contribution in [0.25, 0.3) is 10.9 Å². The smallest absolute Gasteiger partial charge is 0.0485 e. The molecule has 0 saturated heterocycles. The first-order valence-corrected chi connectivity index (χ1v) is 7.18. The van der Waals surface area contributed by atoms with Crippen molar-refractivity contribution in [3.63, 3.8) is 0 Å². The summed E-state index contributed by atoms with van der Waals surface area (Å²) in [5, 5.41) is 1.29. The standard InChI is InChI=1S/C18H20N2/c1-2-20-17-11-7-6-10-15(17)16(13-19)18(20)12-14-8-4-3-5-9-14/h3-11H,2,12-13,19H2,1H3. The van der Waals surface area contributed by atoms with Gasteiger partial charge < -0.3 is 10.3 Å². The molecule has 3 aromatic rings. The van der Waals surface area contributed by atoms with E-state index < -0.39 is 0 Å². The molecule has 0 spiro atoms. The van der Waals surface area contributed by atoms with Crippen molar-refractivity contribution >= 4 is 10.9 Å². The first-order chi connectivity index (χ1) is 9.85. The molecule has 0 saturated carbocycles. The summed E-state index contributed by atoms with van der Waals surface area (Å²) in [5.41, 5.74) is 11.3. The van der Waals surface area contributed by atoms with Crippen LogP contribution >= 0.6 is 0 Å². The molecule has 1 heterocycles. The Balaban J connectivity index is 2.18. The number of rotatable bonds is 4. The van der Waals surface area contributed by atoms with Gasteiger partial charge in [-0.1, -0.05) is 48.5 Å². The number of para-hydroxylation sites is 1. The summed E-state index contributed by atoms with van der Waals surface area (Å²) in [5.74, 6) is 0. The highest BCUT2D eigenvalue weighted by Gasteiger charge is 2.14. The third kappa shape index (κ3) is 2.12. The lowest BCUT2D eigenvalue weighted by Gasteiger charge is -2.10. The van der Waals surface area contributed by atoms with Gasteiger partial charge in [0.25, 0.3) is 0 Å². The zero-order valence-corrected chi connectivity index (χ0v) is 11.8. The van der Waals surface area contributed by atoms with Crippen molar-refractivity contribution in [1.82, 2.24) is 4.57 Å². The highest BCUT2D eigenvalue weighted by molar-refractivity contribution is 5.85. The van der Waals surface area contributed by atoms with E-state index in [9.17, 15) is 0 Å². The predicted molar refractivity (Wildman–Crippen MR) is 84.8 cm³/mol. The Hall–Kier alpha value is -2.06. The number of nitrogens with zero attached hydrogens (tertiary/aromatic N) is 1. The Kier molecular flexibility index (Phi) is 3.57. The number of hydrogen-bond donors (Lipinski definition) is 1. The van der Waals surface area contributed by atoms with E-state index >= 15 is 0 Å². The van der Waals surface area contributed by atoms with Crippen LogP contribution < -0.4 is 5.73 Å². The molecule has 0 radical (unpaired) electrons. The summed E-state index contributed by atoms with van der Waals surface area (Å²) < 4.78 is 2.39. The summed E-state index contributed by atoms with van der Waals surface area (Å²) >= 11 is 0. The van der Waals surface area contributed by atoms with Crippen LogP contribution in [0.1, 0.15) is 23.7 Å². The molecular weight excluding hydrogens is 244 g/mol. The average Bonchev–Trinajstić information content (AvgIpc) is 2.80. The Morgan fingerprint density at radius 2 is 1.65 bits per heavy atom. The van der Waals surface area contributed by atoms with Crippen LogP contribution in [0.2, 0.25) is 0 Å². The van der Waals surface area contributed by atoms with Crippen molar-refractivity contribution in [3.05, 3.63) is 71.4 Å². The molecule has 0 aliphatic carbocycles. The molecule has 0 fully saturated rings. The van der Waals surface area contributed by atoms with E-state index in [1.807, 2.05) is 0 Å². The SMILES string of the molecule is CCn1c(Cc2ccccc2)c(CN)c2ccccc21. The molecule has 0 aliphatic rings. The number of benzene rings is 2. The third-order valence-electron chi connectivity index (χ3n) is 3.93. The van der Waals surface area contributed by atoms with Gasteiger partial charge in [-0.15, -0.1) is 0 Å². The lowest BCUT2D eigenvalue weighted by Crippen LogP contribution is -2.06. The van der Waals surface area contributed by atoms with E-state index in [1.165, 1.54) is 27.7 Å². The third-order valence-corrected chi connectivity index (χ3v) is 3.93. The van der Waals surface area contributed by atoms with Gasteiger partial charge in [0.05, 0.1) is 0 Å². The first-order valence-electron chi connectivity index (χ1n) is 7.18. The number of aromatic nitrogens is 1. The molecule has 0 bridgehead atoms. The maximum absolute atomic E-state index is 6.03.